The fourth-order valence-corrected chi connectivity index (χ4v) is 1.43. The number of hydrogen-bond donors (Lipinski definition) is 2. The van der Waals surface area contributed by atoms with Gasteiger partial charge in [0.2, 0.25) is 0 Å². The van der Waals surface area contributed by atoms with E-state index in [2.05, 4.69) is 9.97 Å². The first-order valence-corrected chi connectivity index (χ1v) is 4.62. The smallest absolute Gasteiger partial charge is 0.137 e. The van der Waals surface area contributed by atoms with Crippen molar-refractivity contribution in [2.45, 2.75) is 13.5 Å². The number of nitrogens with one attached hydrogen (secondary N) is 1. The number of rotatable bonds is 2. The Labute approximate surface area is 86.6 Å². The highest BCUT2D eigenvalue weighted by atomic mass is 19.1. The predicted molar refractivity (Wildman–Crippen MR) is 54.6 cm³/mol. The van der Waals surface area contributed by atoms with E-state index in [1.54, 1.807) is 12.3 Å². The van der Waals surface area contributed by atoms with Gasteiger partial charge in [0.1, 0.15) is 11.6 Å². The third kappa shape index (κ3) is 1.89. The van der Waals surface area contributed by atoms with Crippen molar-refractivity contribution in [1.29, 1.82) is 0 Å². The zero-order valence-electron chi connectivity index (χ0n) is 8.29. The van der Waals surface area contributed by atoms with Gasteiger partial charge in [-0.05, 0) is 24.6 Å². The van der Waals surface area contributed by atoms with Gasteiger partial charge < -0.3 is 10.1 Å². The van der Waals surface area contributed by atoms with Gasteiger partial charge in [-0.25, -0.2) is 9.37 Å². The Balaban J connectivity index is 2.48. The number of nitrogens with zero attached hydrogens (tertiary/aromatic N) is 1. The molecule has 0 aliphatic rings. The molecule has 2 aromatic rings. The summed E-state index contributed by atoms with van der Waals surface area (Å²) in [4.78, 5) is 7.00. The van der Waals surface area contributed by atoms with E-state index >= 15 is 0 Å². The number of hydrogen-bond acceptors (Lipinski definition) is 2. The van der Waals surface area contributed by atoms with E-state index in [9.17, 15) is 4.39 Å². The highest BCUT2D eigenvalue weighted by molar-refractivity contribution is 5.60. The number of H-pyrrole nitrogens is 1. The second-order valence-electron chi connectivity index (χ2n) is 3.37. The molecule has 0 saturated carbocycles. The second-order valence-corrected chi connectivity index (χ2v) is 3.37. The first-order chi connectivity index (χ1) is 7.20. The van der Waals surface area contributed by atoms with Crippen LogP contribution in [0.3, 0.4) is 0 Å². The lowest BCUT2D eigenvalue weighted by atomic mass is 10.1. The van der Waals surface area contributed by atoms with Crippen molar-refractivity contribution in [1.82, 2.24) is 9.97 Å². The first kappa shape index (κ1) is 9.86. The molecule has 0 aliphatic heterocycles. The minimum atomic E-state index is -0.294. The van der Waals surface area contributed by atoms with E-state index in [0.717, 1.165) is 11.1 Å². The summed E-state index contributed by atoms with van der Waals surface area (Å²) in [5.74, 6) is 0.286. The van der Waals surface area contributed by atoms with Crippen molar-refractivity contribution >= 4 is 0 Å². The number of imidazole rings is 1. The highest BCUT2D eigenvalue weighted by Crippen LogP contribution is 2.21. The molecule has 0 saturated heterocycles. The van der Waals surface area contributed by atoms with Gasteiger partial charge in [-0.2, -0.15) is 0 Å². The topological polar surface area (TPSA) is 48.9 Å². The quantitative estimate of drug-likeness (QED) is 0.789. The molecule has 4 heteroatoms. The zero-order valence-corrected chi connectivity index (χ0v) is 8.29. The molecule has 0 atom stereocenters. The molecule has 3 nitrogen and oxygen atoms in total. The van der Waals surface area contributed by atoms with Gasteiger partial charge in [0.25, 0.3) is 0 Å². The standard InChI is InChI=1S/C11H11FN2O/c1-7-2-3-8(12)4-10(7)11-13-5-9(6-15)14-11/h2-5,15H,6H2,1H3,(H,13,14). The third-order valence-corrected chi connectivity index (χ3v) is 2.25. The number of halogens is 1. The van der Waals surface area contributed by atoms with Crippen LogP contribution in [0.1, 0.15) is 11.3 Å². The Morgan fingerprint density at radius 2 is 2.27 bits per heavy atom. The summed E-state index contributed by atoms with van der Waals surface area (Å²) in [5.41, 5.74) is 2.28. The Kier molecular flexibility index (Phi) is 2.51. The van der Waals surface area contributed by atoms with Crippen LogP contribution in [0.4, 0.5) is 4.39 Å². The number of aliphatic hydroxyl groups is 1. The molecule has 15 heavy (non-hydrogen) atoms. The number of benzene rings is 1. The molecule has 1 aromatic heterocycles. The molecule has 0 unspecified atom stereocenters. The normalized spacial score (nSPS) is 10.6. The lowest BCUT2D eigenvalue weighted by Crippen LogP contribution is -1.88. The van der Waals surface area contributed by atoms with Crippen LogP contribution in [0, 0.1) is 12.7 Å². The van der Waals surface area contributed by atoms with Crippen molar-refractivity contribution in [3.63, 3.8) is 0 Å². The molecular weight excluding hydrogens is 195 g/mol. The predicted octanol–water partition coefficient (Wildman–Crippen LogP) is 2.02. The summed E-state index contributed by atoms with van der Waals surface area (Å²) in [6, 6.07) is 4.54. The molecule has 2 N–H and O–H groups in total. The van der Waals surface area contributed by atoms with Crippen LogP contribution in [0.5, 0.6) is 0 Å². The molecule has 1 heterocycles. The third-order valence-electron chi connectivity index (χ3n) is 2.25. The summed E-state index contributed by atoms with van der Waals surface area (Å²) < 4.78 is 13.0. The largest absolute Gasteiger partial charge is 0.390 e. The number of aliphatic hydroxyl groups excluding tert-OH is 1. The SMILES string of the molecule is Cc1ccc(F)cc1-c1ncc(CO)[nH]1. The van der Waals surface area contributed by atoms with Gasteiger partial charge in [0.05, 0.1) is 18.5 Å². The van der Waals surface area contributed by atoms with Crippen LogP contribution in [0.25, 0.3) is 11.4 Å². The summed E-state index contributed by atoms with van der Waals surface area (Å²) >= 11 is 0. The Morgan fingerprint density at radius 3 is 2.93 bits per heavy atom. The maximum atomic E-state index is 13.0. The maximum Gasteiger partial charge on any atom is 0.137 e. The molecule has 0 radical (unpaired) electrons. The van der Waals surface area contributed by atoms with E-state index in [0.29, 0.717) is 11.5 Å². The van der Waals surface area contributed by atoms with Crippen molar-refractivity contribution in [2.75, 3.05) is 0 Å². The van der Waals surface area contributed by atoms with Gasteiger partial charge in [-0.15, -0.1) is 0 Å². The lowest BCUT2D eigenvalue weighted by molar-refractivity contribution is 0.277. The van der Waals surface area contributed by atoms with Gasteiger partial charge >= 0.3 is 0 Å². The monoisotopic (exact) mass is 206 g/mol. The van der Waals surface area contributed by atoms with Crippen molar-refractivity contribution in [3.8, 4) is 11.4 Å². The van der Waals surface area contributed by atoms with E-state index in [-0.39, 0.29) is 12.4 Å². The summed E-state index contributed by atoms with van der Waals surface area (Å²) in [5, 5.41) is 8.88. The average molecular weight is 206 g/mol. The Hall–Kier alpha value is -1.68. The minimum absolute atomic E-state index is 0.0959. The number of aromatic amines is 1. The van der Waals surface area contributed by atoms with E-state index < -0.39 is 0 Å². The summed E-state index contributed by atoms with van der Waals surface area (Å²) in [6.45, 7) is 1.79. The minimum Gasteiger partial charge on any atom is -0.390 e. The van der Waals surface area contributed by atoms with Crippen molar-refractivity contribution in [2.24, 2.45) is 0 Å². The molecule has 0 bridgehead atoms. The lowest BCUT2D eigenvalue weighted by Gasteiger charge is -2.02. The Bertz CT molecular complexity index is 479. The number of aryl methyl sites for hydroxylation is 1. The molecule has 0 spiro atoms. The van der Waals surface area contributed by atoms with Gasteiger partial charge in [0, 0.05) is 5.56 Å². The van der Waals surface area contributed by atoms with Crippen molar-refractivity contribution < 1.29 is 9.50 Å². The first-order valence-electron chi connectivity index (χ1n) is 4.62. The van der Waals surface area contributed by atoms with E-state index in [4.69, 9.17) is 5.11 Å². The average Bonchev–Trinajstić information content (AvgIpc) is 2.70. The van der Waals surface area contributed by atoms with Crippen LogP contribution in [-0.4, -0.2) is 15.1 Å². The molecule has 0 aliphatic carbocycles. The van der Waals surface area contributed by atoms with Crippen LogP contribution >= 0.6 is 0 Å². The second kappa shape index (κ2) is 3.82. The van der Waals surface area contributed by atoms with Crippen LogP contribution in [-0.2, 0) is 6.61 Å². The van der Waals surface area contributed by atoms with Gasteiger partial charge in [-0.1, -0.05) is 6.07 Å². The van der Waals surface area contributed by atoms with E-state index in [1.807, 2.05) is 6.92 Å². The van der Waals surface area contributed by atoms with E-state index in [1.165, 1.54) is 12.1 Å². The van der Waals surface area contributed by atoms with Crippen LogP contribution in [0.2, 0.25) is 0 Å². The van der Waals surface area contributed by atoms with Gasteiger partial charge in [-0.3, -0.25) is 0 Å². The van der Waals surface area contributed by atoms with Crippen molar-refractivity contribution in [3.05, 3.63) is 41.5 Å². The Morgan fingerprint density at radius 1 is 1.47 bits per heavy atom. The van der Waals surface area contributed by atoms with Gasteiger partial charge in [0.15, 0.2) is 0 Å². The molecule has 2 rings (SSSR count). The molecule has 78 valence electrons. The fraction of sp³-hybridized carbons (Fsp3) is 0.182. The molecule has 0 amide bonds. The maximum absolute atomic E-state index is 13.0. The highest BCUT2D eigenvalue weighted by Gasteiger charge is 2.07. The number of aromatic nitrogens is 2. The zero-order chi connectivity index (χ0) is 10.8. The molecule has 0 fully saturated rings. The van der Waals surface area contributed by atoms with Crippen LogP contribution < -0.4 is 0 Å². The fourth-order valence-electron chi connectivity index (χ4n) is 1.43. The molecule has 1 aromatic carbocycles. The summed E-state index contributed by atoms with van der Waals surface area (Å²) in [7, 11) is 0. The summed E-state index contributed by atoms with van der Waals surface area (Å²) in [6.07, 6.45) is 1.54. The molecular formula is C11H11FN2O. The van der Waals surface area contributed by atoms with Crippen LogP contribution in [0.15, 0.2) is 24.4 Å².